The third kappa shape index (κ3) is 2.14. The third-order valence-electron chi connectivity index (χ3n) is 3.69. The molecule has 6 heteroatoms. The highest BCUT2D eigenvalue weighted by Crippen LogP contribution is 2.27. The second-order valence-corrected chi connectivity index (χ2v) is 5.09. The van der Waals surface area contributed by atoms with E-state index in [0.29, 0.717) is 19.6 Å². The predicted molar refractivity (Wildman–Crippen MR) is 59.2 cm³/mol. The van der Waals surface area contributed by atoms with Gasteiger partial charge in [-0.1, -0.05) is 6.92 Å². The summed E-state index contributed by atoms with van der Waals surface area (Å²) in [6.07, 6.45) is 0.508. The monoisotopic (exact) mass is 242 g/mol. The van der Waals surface area contributed by atoms with Crippen molar-refractivity contribution in [3.63, 3.8) is 0 Å². The van der Waals surface area contributed by atoms with Gasteiger partial charge in [0.15, 0.2) is 0 Å². The van der Waals surface area contributed by atoms with E-state index in [0.717, 1.165) is 0 Å². The smallest absolute Gasteiger partial charge is 0.308 e. The topological polar surface area (TPSA) is 92.9 Å². The molecule has 0 spiro atoms. The quantitative estimate of drug-likeness (QED) is 0.667. The average Bonchev–Trinajstić information content (AvgIpc) is 2.84. The molecule has 96 valence electrons. The van der Waals surface area contributed by atoms with E-state index in [9.17, 15) is 9.59 Å². The van der Waals surface area contributed by atoms with Crippen LogP contribution in [0.25, 0.3) is 0 Å². The van der Waals surface area contributed by atoms with Gasteiger partial charge in [0.1, 0.15) is 5.54 Å². The molecule has 3 atom stereocenters. The largest absolute Gasteiger partial charge is 0.481 e. The summed E-state index contributed by atoms with van der Waals surface area (Å²) in [5, 5.41) is 9.02. The van der Waals surface area contributed by atoms with Crippen LogP contribution in [0.5, 0.6) is 0 Å². The van der Waals surface area contributed by atoms with Crippen molar-refractivity contribution < 1.29 is 19.4 Å². The van der Waals surface area contributed by atoms with Crippen LogP contribution < -0.4 is 5.73 Å². The number of carbonyl (C=O) groups is 2. The predicted octanol–water partition coefficient (Wildman–Crippen LogP) is -0.717. The minimum atomic E-state index is -0.951. The van der Waals surface area contributed by atoms with Gasteiger partial charge in [0, 0.05) is 19.7 Å². The van der Waals surface area contributed by atoms with Crippen molar-refractivity contribution >= 4 is 11.9 Å². The van der Waals surface area contributed by atoms with Crippen LogP contribution in [0.2, 0.25) is 0 Å². The van der Waals surface area contributed by atoms with Crippen molar-refractivity contribution in [1.29, 1.82) is 0 Å². The molecule has 2 saturated heterocycles. The number of aliphatic carboxylic acids is 1. The van der Waals surface area contributed by atoms with E-state index >= 15 is 0 Å². The highest BCUT2D eigenvalue weighted by Gasteiger charge is 2.45. The number of hydrogen-bond donors (Lipinski definition) is 2. The van der Waals surface area contributed by atoms with Crippen molar-refractivity contribution in [3.8, 4) is 0 Å². The zero-order chi connectivity index (χ0) is 12.6. The van der Waals surface area contributed by atoms with Crippen molar-refractivity contribution in [2.45, 2.75) is 18.9 Å². The number of amides is 1. The molecule has 0 saturated carbocycles. The lowest BCUT2D eigenvalue weighted by Crippen LogP contribution is -2.55. The van der Waals surface area contributed by atoms with Crippen molar-refractivity contribution in [3.05, 3.63) is 0 Å². The van der Waals surface area contributed by atoms with Gasteiger partial charge >= 0.3 is 5.97 Å². The third-order valence-corrected chi connectivity index (χ3v) is 3.69. The van der Waals surface area contributed by atoms with Crippen LogP contribution in [0.1, 0.15) is 13.3 Å². The molecule has 2 aliphatic heterocycles. The summed E-state index contributed by atoms with van der Waals surface area (Å²) in [7, 11) is 0. The molecule has 2 aliphatic rings. The lowest BCUT2D eigenvalue weighted by atomic mass is 9.98. The van der Waals surface area contributed by atoms with Crippen LogP contribution in [-0.2, 0) is 14.3 Å². The molecule has 0 aliphatic carbocycles. The number of nitrogens with two attached hydrogens (primary N) is 1. The maximum absolute atomic E-state index is 12.2. The normalized spacial score (nSPS) is 37.4. The van der Waals surface area contributed by atoms with E-state index in [4.69, 9.17) is 15.6 Å². The fourth-order valence-corrected chi connectivity index (χ4v) is 2.52. The Morgan fingerprint density at radius 1 is 1.47 bits per heavy atom. The summed E-state index contributed by atoms with van der Waals surface area (Å²) >= 11 is 0. The molecule has 0 aromatic carbocycles. The number of rotatable bonds is 2. The zero-order valence-electron chi connectivity index (χ0n) is 9.89. The lowest BCUT2D eigenvalue weighted by molar-refractivity contribution is -0.142. The Labute approximate surface area is 99.7 Å². The summed E-state index contributed by atoms with van der Waals surface area (Å²) in [4.78, 5) is 24.8. The molecule has 3 N–H and O–H groups in total. The zero-order valence-corrected chi connectivity index (χ0v) is 9.89. The summed E-state index contributed by atoms with van der Waals surface area (Å²) < 4.78 is 5.15. The Morgan fingerprint density at radius 3 is 2.65 bits per heavy atom. The molecule has 0 aromatic rings. The molecule has 2 fully saturated rings. The van der Waals surface area contributed by atoms with E-state index in [2.05, 4.69) is 0 Å². The van der Waals surface area contributed by atoms with Crippen LogP contribution in [0.4, 0.5) is 0 Å². The van der Waals surface area contributed by atoms with Crippen molar-refractivity contribution in [2.24, 2.45) is 17.6 Å². The first kappa shape index (κ1) is 12.3. The van der Waals surface area contributed by atoms with Gasteiger partial charge in [0.05, 0.1) is 12.5 Å². The van der Waals surface area contributed by atoms with Crippen LogP contribution in [0, 0.1) is 11.8 Å². The molecule has 1 amide bonds. The van der Waals surface area contributed by atoms with Gasteiger partial charge in [-0.2, -0.15) is 0 Å². The molecule has 2 heterocycles. The first-order valence-corrected chi connectivity index (χ1v) is 5.83. The van der Waals surface area contributed by atoms with Gasteiger partial charge in [0.25, 0.3) is 0 Å². The van der Waals surface area contributed by atoms with E-state index in [1.54, 1.807) is 4.90 Å². The van der Waals surface area contributed by atoms with E-state index in [-0.39, 0.29) is 25.0 Å². The van der Waals surface area contributed by atoms with Gasteiger partial charge in [0.2, 0.25) is 5.91 Å². The summed E-state index contributed by atoms with van der Waals surface area (Å²) in [6, 6.07) is 0. The molecule has 2 rings (SSSR count). The number of hydrogen-bond acceptors (Lipinski definition) is 4. The minimum absolute atomic E-state index is 0.0256. The van der Waals surface area contributed by atoms with Gasteiger partial charge in [-0.05, 0) is 12.3 Å². The van der Waals surface area contributed by atoms with E-state index in [1.807, 2.05) is 6.92 Å². The minimum Gasteiger partial charge on any atom is -0.481 e. The molecule has 6 nitrogen and oxygen atoms in total. The molecular formula is C11H18N2O4. The van der Waals surface area contributed by atoms with Crippen LogP contribution in [-0.4, -0.2) is 53.7 Å². The van der Waals surface area contributed by atoms with Crippen molar-refractivity contribution in [2.75, 3.05) is 26.3 Å². The van der Waals surface area contributed by atoms with Crippen LogP contribution >= 0.6 is 0 Å². The lowest BCUT2D eigenvalue weighted by Gasteiger charge is -2.27. The summed E-state index contributed by atoms with van der Waals surface area (Å²) in [6.45, 7) is 3.30. The fraction of sp³-hybridized carbons (Fsp3) is 0.818. The highest BCUT2D eigenvalue weighted by molar-refractivity contribution is 5.87. The second kappa shape index (κ2) is 4.27. The maximum atomic E-state index is 12.2. The first-order chi connectivity index (χ1) is 7.94. The molecular weight excluding hydrogens is 224 g/mol. The van der Waals surface area contributed by atoms with Crippen LogP contribution in [0.15, 0.2) is 0 Å². The van der Waals surface area contributed by atoms with Crippen molar-refractivity contribution in [1.82, 2.24) is 4.90 Å². The van der Waals surface area contributed by atoms with Gasteiger partial charge in [-0.25, -0.2) is 0 Å². The summed E-state index contributed by atoms with van der Waals surface area (Å²) in [5.41, 5.74) is 5.03. The standard InChI is InChI=1S/C11H18N2O4/c1-7-4-13(5-8(7)9(14)15)10(16)11(12)2-3-17-6-11/h7-8H,2-6,12H2,1H3,(H,14,15). The number of carbonyl (C=O) groups excluding carboxylic acids is 1. The number of carboxylic acids is 1. The molecule has 0 aromatic heterocycles. The number of carboxylic acid groups (broad SMARTS) is 1. The van der Waals surface area contributed by atoms with Crippen LogP contribution in [0.3, 0.4) is 0 Å². The summed E-state index contributed by atoms with van der Waals surface area (Å²) in [5.74, 6) is -1.53. The second-order valence-electron chi connectivity index (χ2n) is 5.09. The van der Waals surface area contributed by atoms with E-state index < -0.39 is 17.4 Å². The molecule has 3 unspecified atom stereocenters. The molecule has 0 bridgehead atoms. The number of ether oxygens (including phenoxy) is 1. The Balaban J connectivity index is 2.05. The first-order valence-electron chi connectivity index (χ1n) is 5.83. The molecule has 17 heavy (non-hydrogen) atoms. The Kier molecular flexibility index (Phi) is 3.09. The van der Waals surface area contributed by atoms with E-state index in [1.165, 1.54) is 0 Å². The average molecular weight is 242 g/mol. The maximum Gasteiger partial charge on any atom is 0.308 e. The fourth-order valence-electron chi connectivity index (χ4n) is 2.52. The Hall–Kier alpha value is -1.14. The van der Waals surface area contributed by atoms with Gasteiger partial charge < -0.3 is 20.5 Å². The van der Waals surface area contributed by atoms with Gasteiger partial charge in [-0.15, -0.1) is 0 Å². The van der Waals surface area contributed by atoms with Gasteiger partial charge in [-0.3, -0.25) is 9.59 Å². The SMILES string of the molecule is CC1CN(C(=O)C2(N)CCOC2)CC1C(=O)O. The number of likely N-dealkylation sites (tertiary alicyclic amines) is 1. The molecule has 0 radical (unpaired) electrons. The Morgan fingerprint density at radius 2 is 2.18 bits per heavy atom. The number of nitrogens with zero attached hydrogens (tertiary/aromatic N) is 1. The Bertz CT molecular complexity index is 338. The highest BCUT2D eigenvalue weighted by atomic mass is 16.5.